The molecule has 4 nitrogen and oxygen atoms in total. The lowest BCUT2D eigenvalue weighted by Gasteiger charge is -2.08. The molecule has 1 amide bonds. The lowest BCUT2D eigenvalue weighted by molar-refractivity contribution is 0.102. The Bertz CT molecular complexity index is 623. The summed E-state index contributed by atoms with van der Waals surface area (Å²) in [5.74, 6) is 1.34. The quantitative estimate of drug-likeness (QED) is 0.729. The van der Waals surface area contributed by atoms with Crippen LogP contribution in [0, 0.1) is 0 Å². The molecule has 0 bridgehead atoms. The Kier molecular flexibility index (Phi) is 6.48. The van der Waals surface area contributed by atoms with E-state index in [1.807, 2.05) is 30.3 Å². The summed E-state index contributed by atoms with van der Waals surface area (Å²) in [6.07, 6.45) is 3.39. The molecule has 0 unspecified atom stereocenters. The van der Waals surface area contributed by atoms with Crippen molar-refractivity contribution < 1.29 is 14.3 Å². The third-order valence-electron chi connectivity index (χ3n) is 3.46. The van der Waals surface area contributed by atoms with E-state index < -0.39 is 0 Å². The maximum absolute atomic E-state index is 12.2. The third-order valence-corrected chi connectivity index (χ3v) is 3.46. The summed E-state index contributed by atoms with van der Waals surface area (Å²) in [5, 5.41) is 2.85. The largest absolute Gasteiger partial charge is 0.497 e. The maximum atomic E-state index is 12.2. The lowest BCUT2D eigenvalue weighted by Crippen LogP contribution is -2.11. The summed E-state index contributed by atoms with van der Waals surface area (Å²) in [4.78, 5) is 12.2. The molecular formula is C19H23NO3. The second kappa shape index (κ2) is 8.83. The van der Waals surface area contributed by atoms with E-state index in [-0.39, 0.29) is 5.91 Å². The fraction of sp³-hybridized carbons (Fsp3) is 0.316. The van der Waals surface area contributed by atoms with E-state index in [4.69, 9.17) is 9.47 Å². The topological polar surface area (TPSA) is 47.6 Å². The Labute approximate surface area is 137 Å². The van der Waals surface area contributed by atoms with Gasteiger partial charge in [-0.05, 0) is 42.8 Å². The highest BCUT2D eigenvalue weighted by atomic mass is 16.5. The number of rotatable bonds is 8. The Hall–Kier alpha value is -2.49. The van der Waals surface area contributed by atoms with Crippen LogP contribution < -0.4 is 14.8 Å². The molecule has 0 saturated carbocycles. The number of benzene rings is 2. The molecule has 0 fully saturated rings. The third kappa shape index (κ3) is 5.33. The predicted molar refractivity (Wildman–Crippen MR) is 92.4 cm³/mol. The molecule has 2 aromatic rings. The maximum Gasteiger partial charge on any atom is 0.255 e. The van der Waals surface area contributed by atoms with E-state index in [1.165, 1.54) is 12.8 Å². The zero-order chi connectivity index (χ0) is 16.5. The molecule has 0 aromatic heterocycles. The summed E-state index contributed by atoms with van der Waals surface area (Å²) < 4.78 is 10.8. The first kappa shape index (κ1) is 16.9. The van der Waals surface area contributed by atoms with Gasteiger partial charge >= 0.3 is 0 Å². The van der Waals surface area contributed by atoms with Crippen molar-refractivity contribution in [3.63, 3.8) is 0 Å². The molecule has 2 aromatic carbocycles. The van der Waals surface area contributed by atoms with E-state index in [2.05, 4.69) is 12.2 Å². The number of nitrogens with one attached hydrogen (secondary N) is 1. The number of anilines is 1. The Balaban J connectivity index is 1.91. The lowest BCUT2D eigenvalue weighted by atomic mass is 10.2. The highest BCUT2D eigenvalue weighted by Gasteiger charge is 2.07. The van der Waals surface area contributed by atoms with Gasteiger partial charge in [0.25, 0.3) is 5.91 Å². The molecule has 2 rings (SSSR count). The van der Waals surface area contributed by atoms with Gasteiger partial charge in [0.15, 0.2) is 0 Å². The fourth-order valence-corrected chi connectivity index (χ4v) is 2.15. The molecule has 1 N–H and O–H groups in total. The highest BCUT2D eigenvalue weighted by molar-refractivity contribution is 6.04. The first-order chi connectivity index (χ1) is 11.2. The molecule has 0 aliphatic heterocycles. The normalized spacial score (nSPS) is 10.2. The van der Waals surface area contributed by atoms with Crippen LogP contribution in [-0.4, -0.2) is 19.6 Å². The standard InChI is InChI=1S/C19H23NO3/c1-3-4-5-13-23-17-11-9-15(10-12-17)19(21)20-16-7-6-8-18(14-16)22-2/h6-12,14H,3-5,13H2,1-2H3,(H,20,21). The van der Waals surface area contributed by atoms with Gasteiger partial charge in [-0.25, -0.2) is 0 Å². The van der Waals surface area contributed by atoms with E-state index in [0.29, 0.717) is 23.6 Å². The van der Waals surface area contributed by atoms with Gasteiger partial charge in [-0.2, -0.15) is 0 Å². The minimum atomic E-state index is -0.157. The van der Waals surface area contributed by atoms with Crippen LogP contribution in [0.1, 0.15) is 36.5 Å². The Morgan fingerprint density at radius 1 is 1.04 bits per heavy atom. The van der Waals surface area contributed by atoms with Crippen molar-refractivity contribution in [1.29, 1.82) is 0 Å². The van der Waals surface area contributed by atoms with Gasteiger partial charge in [0.1, 0.15) is 11.5 Å². The van der Waals surface area contributed by atoms with Crippen LogP contribution in [0.15, 0.2) is 48.5 Å². The van der Waals surface area contributed by atoms with Crippen molar-refractivity contribution in [3.8, 4) is 11.5 Å². The molecule has 0 heterocycles. The molecule has 0 radical (unpaired) electrons. The van der Waals surface area contributed by atoms with Gasteiger partial charge < -0.3 is 14.8 Å². The molecule has 0 aliphatic rings. The highest BCUT2D eigenvalue weighted by Crippen LogP contribution is 2.18. The van der Waals surface area contributed by atoms with Gasteiger partial charge in [-0.3, -0.25) is 4.79 Å². The van der Waals surface area contributed by atoms with Crippen molar-refractivity contribution >= 4 is 11.6 Å². The van der Waals surface area contributed by atoms with Crippen molar-refractivity contribution in [2.45, 2.75) is 26.2 Å². The summed E-state index contributed by atoms with van der Waals surface area (Å²) in [5.41, 5.74) is 1.29. The molecule has 122 valence electrons. The zero-order valence-electron chi connectivity index (χ0n) is 13.7. The second-order valence-electron chi connectivity index (χ2n) is 5.27. The number of hydrogen-bond acceptors (Lipinski definition) is 3. The van der Waals surface area contributed by atoms with Crippen molar-refractivity contribution in [2.24, 2.45) is 0 Å². The van der Waals surface area contributed by atoms with Gasteiger partial charge in [-0.1, -0.05) is 25.8 Å². The molecule has 23 heavy (non-hydrogen) atoms. The number of unbranched alkanes of at least 4 members (excludes halogenated alkanes) is 2. The number of methoxy groups -OCH3 is 1. The Morgan fingerprint density at radius 3 is 2.52 bits per heavy atom. The van der Waals surface area contributed by atoms with Crippen molar-refractivity contribution in [1.82, 2.24) is 0 Å². The average Bonchev–Trinajstić information content (AvgIpc) is 2.59. The van der Waals surface area contributed by atoms with E-state index in [1.54, 1.807) is 25.3 Å². The molecular weight excluding hydrogens is 290 g/mol. The molecule has 0 saturated heterocycles. The number of carbonyl (C=O) groups excluding carboxylic acids is 1. The minimum Gasteiger partial charge on any atom is -0.497 e. The van der Waals surface area contributed by atoms with Crippen LogP contribution >= 0.6 is 0 Å². The SMILES string of the molecule is CCCCCOc1ccc(C(=O)Nc2cccc(OC)c2)cc1. The van der Waals surface area contributed by atoms with Gasteiger partial charge in [0.2, 0.25) is 0 Å². The summed E-state index contributed by atoms with van der Waals surface area (Å²) in [6.45, 7) is 2.87. The van der Waals surface area contributed by atoms with Crippen molar-refractivity contribution in [3.05, 3.63) is 54.1 Å². The van der Waals surface area contributed by atoms with Crippen LogP contribution in [0.25, 0.3) is 0 Å². The number of amides is 1. The first-order valence-electron chi connectivity index (χ1n) is 7.91. The monoisotopic (exact) mass is 313 g/mol. The summed E-state index contributed by atoms with van der Waals surface area (Å²) >= 11 is 0. The van der Waals surface area contributed by atoms with Crippen LogP contribution in [-0.2, 0) is 0 Å². The predicted octanol–water partition coefficient (Wildman–Crippen LogP) is 4.52. The van der Waals surface area contributed by atoms with Gasteiger partial charge in [0.05, 0.1) is 13.7 Å². The summed E-state index contributed by atoms with van der Waals surface area (Å²) in [6, 6.07) is 14.5. The van der Waals surface area contributed by atoms with Crippen molar-refractivity contribution in [2.75, 3.05) is 19.0 Å². The van der Waals surface area contributed by atoms with E-state index in [0.717, 1.165) is 12.2 Å². The molecule has 0 spiro atoms. The van der Waals surface area contributed by atoms with Gasteiger partial charge in [0, 0.05) is 17.3 Å². The second-order valence-corrected chi connectivity index (χ2v) is 5.27. The molecule has 0 atom stereocenters. The minimum absolute atomic E-state index is 0.157. The summed E-state index contributed by atoms with van der Waals surface area (Å²) in [7, 11) is 1.60. The first-order valence-corrected chi connectivity index (χ1v) is 7.91. The van der Waals surface area contributed by atoms with E-state index >= 15 is 0 Å². The van der Waals surface area contributed by atoms with Crippen LogP contribution in [0.4, 0.5) is 5.69 Å². The van der Waals surface area contributed by atoms with Crippen LogP contribution in [0.3, 0.4) is 0 Å². The number of ether oxygens (including phenoxy) is 2. The van der Waals surface area contributed by atoms with Crippen LogP contribution in [0.2, 0.25) is 0 Å². The Morgan fingerprint density at radius 2 is 1.83 bits per heavy atom. The fourth-order valence-electron chi connectivity index (χ4n) is 2.15. The smallest absolute Gasteiger partial charge is 0.255 e. The van der Waals surface area contributed by atoms with Gasteiger partial charge in [-0.15, -0.1) is 0 Å². The number of hydrogen-bond donors (Lipinski definition) is 1. The molecule has 0 aliphatic carbocycles. The zero-order valence-corrected chi connectivity index (χ0v) is 13.7. The number of carbonyl (C=O) groups is 1. The van der Waals surface area contributed by atoms with Crippen LogP contribution in [0.5, 0.6) is 11.5 Å². The molecule has 4 heteroatoms. The van der Waals surface area contributed by atoms with E-state index in [9.17, 15) is 4.79 Å². The average molecular weight is 313 g/mol.